The quantitative estimate of drug-likeness (QED) is 0.594. The van der Waals surface area contributed by atoms with E-state index < -0.39 is 24.2 Å². The van der Waals surface area contributed by atoms with Crippen LogP contribution in [0.15, 0.2) is 18.2 Å². The maximum atomic E-state index is 12.8. The summed E-state index contributed by atoms with van der Waals surface area (Å²) in [6.07, 6.45) is -4.02. The van der Waals surface area contributed by atoms with Gasteiger partial charge in [-0.2, -0.15) is 24.9 Å². The Labute approximate surface area is 190 Å². The van der Waals surface area contributed by atoms with E-state index in [2.05, 4.69) is 15.6 Å². The molecule has 0 unspecified atom stereocenters. The van der Waals surface area contributed by atoms with Gasteiger partial charge in [0.15, 0.2) is 0 Å². The Morgan fingerprint density at radius 3 is 2.59 bits per heavy atom. The van der Waals surface area contributed by atoms with Crippen LogP contribution < -0.4 is 10.6 Å². The number of fused-ring (bicyclic) bond motifs is 1. The Bertz CT molecular complexity index is 989. The second-order valence-electron chi connectivity index (χ2n) is 9.36. The fourth-order valence-corrected chi connectivity index (χ4v) is 5.00. The third-order valence-corrected chi connectivity index (χ3v) is 6.80. The molecule has 0 aliphatic carbocycles. The Hall–Kier alpha value is -2.00. The second-order valence-corrected chi connectivity index (χ2v) is 10.5. The van der Waals surface area contributed by atoms with E-state index in [0.717, 1.165) is 29.1 Å². The van der Waals surface area contributed by atoms with Gasteiger partial charge in [-0.25, -0.2) is 4.98 Å². The number of anilines is 1. The van der Waals surface area contributed by atoms with Crippen LogP contribution in [0.4, 0.5) is 18.9 Å². The predicted molar refractivity (Wildman–Crippen MR) is 123 cm³/mol. The van der Waals surface area contributed by atoms with Crippen LogP contribution >= 0.6 is 11.8 Å². The summed E-state index contributed by atoms with van der Waals surface area (Å²) in [7, 11) is 0. The van der Waals surface area contributed by atoms with Gasteiger partial charge in [-0.15, -0.1) is 0 Å². The summed E-state index contributed by atoms with van der Waals surface area (Å²) in [6.45, 7) is 6.95. The summed E-state index contributed by atoms with van der Waals surface area (Å²) in [5.41, 5.74) is 2.35. The standard InChI is InChI=1S/C23H30F3N3O2S/c1-13-7-18(21(31)27-10-14-11-32-6-5-19(14)30)29-20-16(13)8-15(28-12-23(24,25)26)9-17(20)22(2,3)4/h7-9,14,19,28,30H,5-6,10-12H2,1-4H3,(H,27,31)/t14-,19+/m1/s1. The lowest BCUT2D eigenvalue weighted by Crippen LogP contribution is -2.38. The second kappa shape index (κ2) is 9.47. The summed E-state index contributed by atoms with van der Waals surface area (Å²) >= 11 is 1.77. The van der Waals surface area contributed by atoms with Crippen molar-refractivity contribution >= 4 is 34.3 Å². The first-order valence-electron chi connectivity index (χ1n) is 10.7. The fourth-order valence-electron chi connectivity index (χ4n) is 3.78. The molecule has 2 atom stereocenters. The van der Waals surface area contributed by atoms with Crippen molar-refractivity contribution in [3.63, 3.8) is 0 Å². The number of benzene rings is 1. The number of rotatable bonds is 5. The molecule has 1 amide bonds. The van der Waals surface area contributed by atoms with Crippen molar-refractivity contribution in [1.82, 2.24) is 10.3 Å². The van der Waals surface area contributed by atoms with Gasteiger partial charge in [-0.1, -0.05) is 20.8 Å². The van der Waals surface area contributed by atoms with E-state index >= 15 is 0 Å². The highest BCUT2D eigenvalue weighted by atomic mass is 32.2. The number of carbonyl (C=O) groups excluding carboxylic acids is 1. The van der Waals surface area contributed by atoms with E-state index in [1.165, 1.54) is 0 Å². The van der Waals surface area contributed by atoms with E-state index in [9.17, 15) is 23.1 Å². The molecule has 3 rings (SSSR count). The number of aromatic nitrogens is 1. The van der Waals surface area contributed by atoms with Gasteiger partial charge in [0.05, 0.1) is 11.6 Å². The molecule has 0 spiro atoms. The molecule has 0 bridgehead atoms. The van der Waals surface area contributed by atoms with Gasteiger partial charge >= 0.3 is 6.18 Å². The van der Waals surface area contributed by atoms with Crippen LogP contribution in [0, 0.1) is 12.8 Å². The van der Waals surface area contributed by atoms with E-state index in [0.29, 0.717) is 23.1 Å². The van der Waals surface area contributed by atoms with Crippen molar-refractivity contribution in [2.75, 3.05) is 29.9 Å². The fraction of sp³-hybridized carbons (Fsp3) is 0.565. The van der Waals surface area contributed by atoms with Gasteiger partial charge in [0.1, 0.15) is 12.2 Å². The lowest BCUT2D eigenvalue weighted by molar-refractivity contribution is -0.115. The van der Waals surface area contributed by atoms with Crippen LogP contribution in [0.2, 0.25) is 0 Å². The number of thioether (sulfide) groups is 1. The van der Waals surface area contributed by atoms with Crippen molar-refractivity contribution in [1.29, 1.82) is 0 Å². The number of alkyl halides is 3. The normalized spacial score (nSPS) is 19.8. The predicted octanol–water partition coefficient (Wildman–Crippen LogP) is 4.66. The highest BCUT2D eigenvalue weighted by molar-refractivity contribution is 7.99. The molecule has 1 aliphatic heterocycles. The zero-order valence-corrected chi connectivity index (χ0v) is 19.6. The smallest absolute Gasteiger partial charge is 0.393 e. The van der Waals surface area contributed by atoms with Crippen LogP contribution in [0.5, 0.6) is 0 Å². The van der Waals surface area contributed by atoms with Gasteiger partial charge in [-0.05, 0) is 53.8 Å². The molecule has 9 heteroatoms. The van der Waals surface area contributed by atoms with Gasteiger partial charge in [0, 0.05) is 29.3 Å². The van der Waals surface area contributed by atoms with E-state index in [4.69, 9.17) is 0 Å². The number of carbonyl (C=O) groups is 1. The summed E-state index contributed by atoms with van der Waals surface area (Å²) in [6, 6.07) is 4.98. The van der Waals surface area contributed by atoms with Crippen molar-refractivity contribution in [2.24, 2.45) is 5.92 Å². The maximum Gasteiger partial charge on any atom is 0.405 e. The summed E-state index contributed by atoms with van der Waals surface area (Å²) in [5.74, 6) is 1.41. The number of hydrogen-bond acceptors (Lipinski definition) is 5. The highest BCUT2D eigenvalue weighted by Crippen LogP contribution is 2.34. The molecule has 1 aliphatic rings. The van der Waals surface area contributed by atoms with Crippen LogP contribution in [-0.2, 0) is 5.41 Å². The van der Waals surface area contributed by atoms with E-state index in [-0.39, 0.29) is 17.5 Å². The lowest BCUT2D eigenvalue weighted by atomic mass is 9.84. The molecule has 176 valence electrons. The van der Waals surface area contributed by atoms with Crippen molar-refractivity contribution in [3.05, 3.63) is 35.0 Å². The molecule has 1 aromatic heterocycles. The van der Waals surface area contributed by atoms with E-state index in [1.54, 1.807) is 30.0 Å². The molecule has 2 aromatic rings. The minimum absolute atomic E-state index is 0.00616. The first-order valence-corrected chi connectivity index (χ1v) is 11.8. The molecule has 1 fully saturated rings. The van der Waals surface area contributed by atoms with Gasteiger partial charge < -0.3 is 15.7 Å². The Balaban J connectivity index is 1.92. The number of nitrogens with zero attached hydrogens (tertiary/aromatic N) is 1. The third kappa shape index (κ3) is 6.07. The molecule has 1 saturated heterocycles. The van der Waals surface area contributed by atoms with E-state index in [1.807, 2.05) is 27.7 Å². The summed E-state index contributed by atoms with van der Waals surface area (Å²) < 4.78 is 38.1. The number of amides is 1. The zero-order valence-electron chi connectivity index (χ0n) is 18.8. The number of hydrogen-bond donors (Lipinski definition) is 3. The minimum atomic E-state index is -4.32. The summed E-state index contributed by atoms with van der Waals surface area (Å²) in [4.78, 5) is 17.4. The Morgan fingerprint density at radius 1 is 1.25 bits per heavy atom. The number of pyridine rings is 1. The molecule has 0 saturated carbocycles. The number of nitrogens with one attached hydrogen (secondary N) is 2. The summed E-state index contributed by atoms with van der Waals surface area (Å²) in [5, 5.41) is 16.2. The molecule has 3 N–H and O–H groups in total. The highest BCUT2D eigenvalue weighted by Gasteiger charge is 2.28. The number of aliphatic hydroxyl groups is 1. The Morgan fingerprint density at radius 2 is 1.97 bits per heavy atom. The van der Waals surface area contributed by atoms with Crippen LogP contribution in [0.3, 0.4) is 0 Å². The largest absolute Gasteiger partial charge is 0.405 e. The molecule has 32 heavy (non-hydrogen) atoms. The zero-order chi connectivity index (χ0) is 23.7. The van der Waals surface area contributed by atoms with Crippen LogP contribution in [-0.4, -0.2) is 52.9 Å². The molecular formula is C23H30F3N3O2S. The molecule has 0 radical (unpaired) electrons. The minimum Gasteiger partial charge on any atom is -0.393 e. The topological polar surface area (TPSA) is 74.2 Å². The maximum absolute atomic E-state index is 12.8. The average molecular weight is 470 g/mol. The van der Waals surface area contributed by atoms with Gasteiger partial charge in [0.2, 0.25) is 0 Å². The number of aryl methyl sites for hydroxylation is 1. The number of halogens is 3. The van der Waals surface area contributed by atoms with Crippen molar-refractivity contribution < 1.29 is 23.1 Å². The first-order chi connectivity index (χ1) is 14.8. The molecule has 5 nitrogen and oxygen atoms in total. The SMILES string of the molecule is Cc1cc(C(=O)NC[C@@H]2CSCC[C@@H]2O)nc2c(C(C)(C)C)cc(NCC(F)(F)F)cc12. The monoisotopic (exact) mass is 469 g/mol. The number of aliphatic hydroxyl groups excluding tert-OH is 1. The molecule has 1 aromatic carbocycles. The Kier molecular flexibility index (Phi) is 7.29. The molecule has 2 heterocycles. The van der Waals surface area contributed by atoms with Crippen LogP contribution in [0.1, 0.15) is 48.8 Å². The van der Waals surface area contributed by atoms with Gasteiger partial charge in [0.25, 0.3) is 5.91 Å². The van der Waals surface area contributed by atoms with Crippen molar-refractivity contribution in [3.8, 4) is 0 Å². The molecular weight excluding hydrogens is 439 g/mol. The van der Waals surface area contributed by atoms with Gasteiger partial charge in [-0.3, -0.25) is 4.79 Å². The van der Waals surface area contributed by atoms with Crippen molar-refractivity contribution in [2.45, 2.75) is 51.8 Å². The lowest BCUT2D eigenvalue weighted by Gasteiger charge is -2.27. The first kappa shape index (κ1) is 24.6. The average Bonchev–Trinajstić information content (AvgIpc) is 2.69. The third-order valence-electron chi connectivity index (χ3n) is 5.61. The van der Waals surface area contributed by atoms with Crippen LogP contribution in [0.25, 0.3) is 10.9 Å².